The van der Waals surface area contributed by atoms with Gasteiger partial charge in [0.1, 0.15) is 11.9 Å². The average Bonchev–Trinajstić information content (AvgIpc) is 2.89. The number of halogens is 3. The number of alkyl halides is 3. The molecule has 1 aliphatic rings. The zero-order chi connectivity index (χ0) is 28.7. The van der Waals surface area contributed by atoms with Crippen LogP contribution < -0.4 is 15.4 Å². The van der Waals surface area contributed by atoms with E-state index in [9.17, 15) is 32.7 Å². The number of hydrogen-bond donors (Lipinski definition) is 3. The standard InChI is InChI=1S/C27H33F3N4O5/c1-17-14-34(18(2)16-35)25(37)21-13-20(31-24(36)11-12-27(28,29)30)9-10-22(21)39-23(17)15-33(3)26(38)32-19-7-5-4-6-8-19/h4-10,13,17-18,23,35H,11-12,14-16H2,1-3H3,(H,31,36)(H,32,38)/t17-,18+,23-/m1/s1. The third-order valence-corrected chi connectivity index (χ3v) is 6.41. The third kappa shape index (κ3) is 8.34. The van der Waals surface area contributed by atoms with Gasteiger partial charge >= 0.3 is 12.2 Å². The van der Waals surface area contributed by atoms with Crippen LogP contribution in [0.4, 0.5) is 29.3 Å². The van der Waals surface area contributed by atoms with Crippen LogP contribution in [0.3, 0.4) is 0 Å². The van der Waals surface area contributed by atoms with Gasteiger partial charge in [-0.15, -0.1) is 0 Å². The van der Waals surface area contributed by atoms with Gasteiger partial charge in [-0.3, -0.25) is 9.59 Å². The molecule has 39 heavy (non-hydrogen) atoms. The number of amides is 4. The maximum absolute atomic E-state index is 13.5. The minimum Gasteiger partial charge on any atom is -0.487 e. The highest BCUT2D eigenvalue weighted by Crippen LogP contribution is 2.31. The molecule has 0 aromatic heterocycles. The summed E-state index contributed by atoms with van der Waals surface area (Å²) in [4.78, 5) is 41.2. The topological polar surface area (TPSA) is 111 Å². The second kappa shape index (κ2) is 12.8. The van der Waals surface area contributed by atoms with Crippen molar-refractivity contribution in [3.63, 3.8) is 0 Å². The summed E-state index contributed by atoms with van der Waals surface area (Å²) in [5.74, 6) is -1.36. The Balaban J connectivity index is 1.83. The largest absolute Gasteiger partial charge is 0.487 e. The quantitative estimate of drug-likeness (QED) is 0.453. The van der Waals surface area contributed by atoms with Crippen molar-refractivity contribution in [2.75, 3.05) is 37.4 Å². The number of benzene rings is 2. The summed E-state index contributed by atoms with van der Waals surface area (Å²) in [6.07, 6.45) is -7.04. The van der Waals surface area contributed by atoms with Crippen LogP contribution in [0, 0.1) is 5.92 Å². The van der Waals surface area contributed by atoms with Gasteiger partial charge in [-0.1, -0.05) is 25.1 Å². The number of likely N-dealkylation sites (N-methyl/N-ethyl adjacent to an activating group) is 1. The van der Waals surface area contributed by atoms with E-state index in [-0.39, 0.29) is 48.6 Å². The molecule has 1 heterocycles. The number of nitrogens with zero attached hydrogens (tertiary/aromatic N) is 2. The van der Waals surface area contributed by atoms with Crippen molar-refractivity contribution in [2.24, 2.45) is 5.92 Å². The molecule has 0 radical (unpaired) electrons. The van der Waals surface area contributed by atoms with Gasteiger partial charge in [-0.25, -0.2) is 4.79 Å². The lowest BCUT2D eigenvalue weighted by Gasteiger charge is -2.38. The molecule has 0 unspecified atom stereocenters. The summed E-state index contributed by atoms with van der Waals surface area (Å²) < 4.78 is 43.7. The van der Waals surface area contributed by atoms with Crippen LogP contribution in [0.5, 0.6) is 5.75 Å². The lowest BCUT2D eigenvalue weighted by atomic mass is 9.99. The summed E-state index contributed by atoms with van der Waals surface area (Å²) in [7, 11) is 1.62. The van der Waals surface area contributed by atoms with Crippen LogP contribution in [-0.4, -0.2) is 77.8 Å². The van der Waals surface area contributed by atoms with E-state index >= 15 is 0 Å². The summed E-state index contributed by atoms with van der Waals surface area (Å²) in [6.45, 7) is 3.64. The molecule has 0 bridgehead atoms. The third-order valence-electron chi connectivity index (χ3n) is 6.41. The van der Waals surface area contributed by atoms with E-state index in [0.29, 0.717) is 5.69 Å². The highest BCUT2D eigenvalue weighted by molar-refractivity contribution is 6.00. The number of para-hydroxylation sites is 1. The van der Waals surface area contributed by atoms with Gasteiger partial charge in [0.15, 0.2) is 0 Å². The van der Waals surface area contributed by atoms with E-state index in [1.807, 2.05) is 13.0 Å². The van der Waals surface area contributed by atoms with Crippen molar-refractivity contribution in [3.05, 3.63) is 54.1 Å². The van der Waals surface area contributed by atoms with Gasteiger partial charge in [0.25, 0.3) is 5.91 Å². The number of hydrogen-bond acceptors (Lipinski definition) is 5. The molecule has 3 rings (SSSR count). The molecule has 0 saturated heterocycles. The van der Waals surface area contributed by atoms with Crippen LogP contribution in [0.1, 0.15) is 37.0 Å². The number of aliphatic hydroxyl groups is 1. The minimum absolute atomic E-state index is 0.0808. The minimum atomic E-state index is -4.47. The summed E-state index contributed by atoms with van der Waals surface area (Å²) >= 11 is 0. The smallest absolute Gasteiger partial charge is 0.389 e. The van der Waals surface area contributed by atoms with Gasteiger partial charge in [0.05, 0.1) is 31.2 Å². The van der Waals surface area contributed by atoms with E-state index in [2.05, 4.69) is 10.6 Å². The molecule has 0 saturated carbocycles. The molecule has 0 aliphatic carbocycles. The fourth-order valence-corrected chi connectivity index (χ4v) is 4.09. The Morgan fingerprint density at radius 1 is 1.15 bits per heavy atom. The van der Waals surface area contributed by atoms with Crippen molar-refractivity contribution in [2.45, 2.75) is 45.0 Å². The predicted molar refractivity (Wildman–Crippen MR) is 140 cm³/mol. The van der Waals surface area contributed by atoms with Gasteiger partial charge < -0.3 is 30.3 Å². The molecule has 1 aliphatic heterocycles. The average molecular weight is 551 g/mol. The lowest BCUT2D eigenvalue weighted by molar-refractivity contribution is -0.142. The van der Waals surface area contributed by atoms with Crippen molar-refractivity contribution >= 4 is 29.2 Å². The highest BCUT2D eigenvalue weighted by Gasteiger charge is 2.34. The Kier molecular flexibility index (Phi) is 9.79. The second-order valence-corrected chi connectivity index (χ2v) is 9.67. The Labute approximate surface area is 224 Å². The molecule has 4 amide bonds. The number of nitrogens with one attached hydrogen (secondary N) is 2. The first-order valence-electron chi connectivity index (χ1n) is 12.5. The van der Waals surface area contributed by atoms with E-state index < -0.39 is 43.0 Å². The van der Waals surface area contributed by atoms with E-state index in [0.717, 1.165) is 0 Å². The molecule has 9 nitrogen and oxygen atoms in total. The Bertz CT molecular complexity index is 1160. The van der Waals surface area contributed by atoms with Crippen molar-refractivity contribution in [1.29, 1.82) is 0 Å². The maximum atomic E-state index is 13.5. The molecular weight excluding hydrogens is 517 g/mol. The lowest BCUT2D eigenvalue weighted by Crippen LogP contribution is -2.50. The molecule has 2 aromatic carbocycles. The van der Waals surface area contributed by atoms with Crippen LogP contribution in [0.2, 0.25) is 0 Å². The molecular formula is C27H33F3N4O5. The molecule has 12 heteroatoms. The van der Waals surface area contributed by atoms with E-state index in [1.165, 1.54) is 28.0 Å². The van der Waals surface area contributed by atoms with Gasteiger partial charge in [-0.05, 0) is 37.3 Å². The van der Waals surface area contributed by atoms with Crippen LogP contribution in [-0.2, 0) is 4.79 Å². The van der Waals surface area contributed by atoms with Crippen molar-refractivity contribution in [1.82, 2.24) is 9.80 Å². The van der Waals surface area contributed by atoms with Crippen molar-refractivity contribution < 1.29 is 37.4 Å². The van der Waals surface area contributed by atoms with E-state index in [4.69, 9.17) is 4.74 Å². The maximum Gasteiger partial charge on any atom is 0.389 e. The number of anilines is 2. The Morgan fingerprint density at radius 2 is 1.85 bits per heavy atom. The molecule has 3 atom stereocenters. The van der Waals surface area contributed by atoms with Gasteiger partial charge in [0, 0.05) is 37.3 Å². The number of ether oxygens (including phenoxy) is 1. The molecule has 0 spiro atoms. The molecule has 0 fully saturated rings. The summed E-state index contributed by atoms with van der Waals surface area (Å²) in [5.41, 5.74) is 0.848. The zero-order valence-electron chi connectivity index (χ0n) is 22.0. The SMILES string of the molecule is C[C@@H]1CN([C@@H](C)CO)C(=O)c2cc(NC(=O)CCC(F)(F)F)ccc2O[C@@H]1CN(C)C(=O)Nc1ccccc1. The second-order valence-electron chi connectivity index (χ2n) is 9.67. The molecule has 3 N–H and O–H groups in total. The first-order valence-corrected chi connectivity index (χ1v) is 12.5. The number of aliphatic hydroxyl groups excluding tert-OH is 1. The fourth-order valence-electron chi connectivity index (χ4n) is 4.09. The monoisotopic (exact) mass is 550 g/mol. The number of fused-ring (bicyclic) bond motifs is 1. The predicted octanol–water partition coefficient (Wildman–Crippen LogP) is 4.35. The Morgan fingerprint density at radius 3 is 2.49 bits per heavy atom. The summed E-state index contributed by atoms with van der Waals surface area (Å²) in [5, 5.41) is 15.0. The van der Waals surface area contributed by atoms with Crippen LogP contribution >= 0.6 is 0 Å². The van der Waals surface area contributed by atoms with Crippen LogP contribution in [0.25, 0.3) is 0 Å². The number of carbonyl (C=O) groups is 3. The first kappa shape index (κ1) is 29.8. The van der Waals surface area contributed by atoms with Crippen LogP contribution in [0.15, 0.2) is 48.5 Å². The van der Waals surface area contributed by atoms with E-state index in [1.54, 1.807) is 38.2 Å². The number of rotatable bonds is 8. The zero-order valence-corrected chi connectivity index (χ0v) is 22.0. The fraction of sp³-hybridized carbons (Fsp3) is 0.444. The first-order chi connectivity index (χ1) is 18.4. The molecule has 212 valence electrons. The Hall–Kier alpha value is -3.80. The van der Waals surface area contributed by atoms with Crippen molar-refractivity contribution in [3.8, 4) is 5.75 Å². The van der Waals surface area contributed by atoms with Gasteiger partial charge in [-0.2, -0.15) is 13.2 Å². The number of carbonyl (C=O) groups excluding carboxylic acids is 3. The number of urea groups is 1. The van der Waals surface area contributed by atoms with Gasteiger partial charge in [0.2, 0.25) is 5.91 Å². The normalized spacial score (nSPS) is 18.2. The summed E-state index contributed by atoms with van der Waals surface area (Å²) in [6, 6.07) is 12.3. The highest BCUT2D eigenvalue weighted by atomic mass is 19.4. The molecule has 2 aromatic rings.